The lowest BCUT2D eigenvalue weighted by Gasteiger charge is -2.19. The van der Waals surface area contributed by atoms with Crippen LogP contribution in [0.1, 0.15) is 23.4 Å². The minimum absolute atomic E-state index is 0.238. The van der Waals surface area contributed by atoms with Crippen molar-refractivity contribution in [2.75, 3.05) is 18.4 Å². The lowest BCUT2D eigenvalue weighted by atomic mass is 10.1. The van der Waals surface area contributed by atoms with E-state index in [9.17, 15) is 18.0 Å². The summed E-state index contributed by atoms with van der Waals surface area (Å²) in [5.41, 5.74) is 0.397. The van der Waals surface area contributed by atoms with Crippen LogP contribution in [-0.2, 0) is 6.18 Å². The zero-order valence-electron chi connectivity index (χ0n) is 14.9. The molecule has 144 valence electrons. The van der Waals surface area contributed by atoms with Crippen molar-refractivity contribution < 1.29 is 22.7 Å². The first kappa shape index (κ1) is 18.9. The van der Waals surface area contributed by atoms with Gasteiger partial charge in [-0.3, -0.25) is 0 Å². The summed E-state index contributed by atoms with van der Waals surface area (Å²) in [6.07, 6.45) is -4.30. The summed E-state index contributed by atoms with van der Waals surface area (Å²) in [6.45, 7) is 4.27. The third kappa shape index (κ3) is 4.66. The molecule has 0 spiro atoms. The normalized spacial score (nSPS) is 17.1. The Hall–Kier alpha value is -2.84. The first-order chi connectivity index (χ1) is 12.7. The minimum atomic E-state index is -4.54. The summed E-state index contributed by atoms with van der Waals surface area (Å²) in [5.74, 6) is 0. The van der Waals surface area contributed by atoms with E-state index in [1.807, 2.05) is 19.9 Å². The highest BCUT2D eigenvalue weighted by atomic mass is 19.4. The number of hydrogen-bond donors (Lipinski definition) is 1. The molecule has 0 bridgehead atoms. The van der Waals surface area contributed by atoms with Gasteiger partial charge in [-0.15, -0.1) is 0 Å². The van der Waals surface area contributed by atoms with Crippen LogP contribution in [0.3, 0.4) is 0 Å². The molecule has 1 saturated heterocycles. The van der Waals surface area contributed by atoms with E-state index < -0.39 is 17.8 Å². The molecule has 9 heteroatoms. The molecular formula is C18H19F3N4O2. The molecule has 2 amide bonds. The van der Waals surface area contributed by atoms with Crippen molar-refractivity contribution in [3.63, 3.8) is 0 Å². The molecule has 1 aromatic heterocycles. The zero-order chi connectivity index (χ0) is 19.6. The SMILES string of the molecule is Cc1cc(C)nc(O[C@@H]2CCN(C(=O)Nc3ccccc3C(F)(F)F)C2)n1. The fourth-order valence-electron chi connectivity index (χ4n) is 2.94. The number of carbonyl (C=O) groups excluding carboxylic acids is 1. The second kappa shape index (κ2) is 7.42. The Balaban J connectivity index is 1.63. The van der Waals surface area contributed by atoms with Gasteiger partial charge in [0.25, 0.3) is 0 Å². The summed E-state index contributed by atoms with van der Waals surface area (Å²) in [7, 11) is 0. The van der Waals surface area contributed by atoms with Crippen LogP contribution in [0, 0.1) is 13.8 Å². The van der Waals surface area contributed by atoms with Crippen LogP contribution in [0.4, 0.5) is 23.7 Å². The quantitative estimate of drug-likeness (QED) is 0.880. The average Bonchev–Trinajstić information content (AvgIpc) is 3.02. The number of aryl methyl sites for hydroxylation is 2. The second-order valence-electron chi connectivity index (χ2n) is 6.38. The number of amides is 2. The van der Waals surface area contributed by atoms with Crippen LogP contribution in [0.15, 0.2) is 30.3 Å². The van der Waals surface area contributed by atoms with E-state index in [1.54, 1.807) is 0 Å². The number of aromatic nitrogens is 2. The third-order valence-corrected chi connectivity index (χ3v) is 4.14. The van der Waals surface area contributed by atoms with Gasteiger partial charge < -0.3 is 15.0 Å². The van der Waals surface area contributed by atoms with E-state index in [-0.39, 0.29) is 24.3 Å². The van der Waals surface area contributed by atoms with Gasteiger partial charge in [-0.1, -0.05) is 12.1 Å². The molecule has 0 radical (unpaired) electrons. The molecule has 1 aromatic carbocycles. The number of ether oxygens (including phenoxy) is 1. The Kier molecular flexibility index (Phi) is 5.20. The van der Waals surface area contributed by atoms with Gasteiger partial charge in [-0.2, -0.15) is 13.2 Å². The smallest absolute Gasteiger partial charge is 0.418 e. The molecule has 1 N–H and O–H groups in total. The molecule has 1 aliphatic rings. The highest BCUT2D eigenvalue weighted by Crippen LogP contribution is 2.34. The predicted molar refractivity (Wildman–Crippen MR) is 92.6 cm³/mol. The van der Waals surface area contributed by atoms with Crippen LogP contribution in [-0.4, -0.2) is 40.1 Å². The first-order valence-electron chi connectivity index (χ1n) is 8.43. The summed E-state index contributed by atoms with van der Waals surface area (Å²) < 4.78 is 44.9. The Bertz CT molecular complexity index is 821. The summed E-state index contributed by atoms with van der Waals surface area (Å²) in [5, 5.41) is 2.34. The number of anilines is 1. The zero-order valence-corrected chi connectivity index (χ0v) is 14.9. The molecule has 1 aliphatic heterocycles. The van der Waals surface area contributed by atoms with Crippen molar-refractivity contribution in [2.24, 2.45) is 0 Å². The van der Waals surface area contributed by atoms with Gasteiger partial charge in [0.15, 0.2) is 0 Å². The van der Waals surface area contributed by atoms with Gasteiger partial charge in [0.1, 0.15) is 6.10 Å². The van der Waals surface area contributed by atoms with Crippen molar-refractivity contribution >= 4 is 11.7 Å². The standard InChI is InChI=1S/C18H19F3N4O2/c1-11-9-12(2)23-16(22-11)27-13-7-8-25(10-13)17(26)24-15-6-4-3-5-14(15)18(19,20)21/h3-6,9,13H,7-8,10H2,1-2H3,(H,24,26)/t13-/m1/s1. The molecule has 0 saturated carbocycles. The van der Waals surface area contributed by atoms with E-state index in [2.05, 4.69) is 15.3 Å². The number of nitrogens with zero attached hydrogens (tertiary/aromatic N) is 3. The van der Waals surface area contributed by atoms with Crippen LogP contribution < -0.4 is 10.1 Å². The Morgan fingerprint density at radius 2 is 1.89 bits per heavy atom. The van der Waals surface area contributed by atoms with Gasteiger partial charge >= 0.3 is 18.2 Å². The molecule has 2 heterocycles. The Morgan fingerprint density at radius 1 is 1.22 bits per heavy atom. The van der Waals surface area contributed by atoms with Crippen molar-refractivity contribution in [3.8, 4) is 6.01 Å². The lowest BCUT2D eigenvalue weighted by Crippen LogP contribution is -2.35. The fourth-order valence-corrected chi connectivity index (χ4v) is 2.94. The highest BCUT2D eigenvalue weighted by molar-refractivity contribution is 5.90. The average molecular weight is 380 g/mol. The van der Waals surface area contributed by atoms with Crippen molar-refractivity contribution in [2.45, 2.75) is 32.5 Å². The van der Waals surface area contributed by atoms with Crippen LogP contribution in [0.2, 0.25) is 0 Å². The largest absolute Gasteiger partial charge is 0.458 e. The maximum atomic E-state index is 13.0. The lowest BCUT2D eigenvalue weighted by molar-refractivity contribution is -0.136. The van der Waals surface area contributed by atoms with Crippen LogP contribution in [0.5, 0.6) is 6.01 Å². The summed E-state index contributed by atoms with van der Waals surface area (Å²) in [6, 6.07) is 6.35. The van der Waals surface area contributed by atoms with E-state index in [0.29, 0.717) is 13.0 Å². The van der Waals surface area contributed by atoms with Crippen molar-refractivity contribution in [1.82, 2.24) is 14.9 Å². The number of alkyl halides is 3. The fraction of sp³-hybridized carbons (Fsp3) is 0.389. The molecule has 1 atom stereocenters. The van der Waals surface area contributed by atoms with Gasteiger partial charge in [0, 0.05) is 24.4 Å². The maximum absolute atomic E-state index is 13.0. The molecule has 27 heavy (non-hydrogen) atoms. The minimum Gasteiger partial charge on any atom is -0.458 e. The Labute approximate surface area is 154 Å². The first-order valence-corrected chi connectivity index (χ1v) is 8.43. The third-order valence-electron chi connectivity index (χ3n) is 4.14. The number of likely N-dealkylation sites (tertiary alicyclic amines) is 1. The topological polar surface area (TPSA) is 67.3 Å². The van der Waals surface area contributed by atoms with E-state index in [0.717, 1.165) is 17.5 Å². The number of halogens is 3. The second-order valence-corrected chi connectivity index (χ2v) is 6.38. The summed E-state index contributed by atoms with van der Waals surface area (Å²) >= 11 is 0. The summed E-state index contributed by atoms with van der Waals surface area (Å²) in [4.78, 5) is 22.2. The van der Waals surface area contributed by atoms with Crippen molar-refractivity contribution in [1.29, 1.82) is 0 Å². The van der Waals surface area contributed by atoms with E-state index in [4.69, 9.17) is 4.74 Å². The monoisotopic (exact) mass is 380 g/mol. The van der Waals surface area contributed by atoms with E-state index >= 15 is 0 Å². The van der Waals surface area contributed by atoms with Gasteiger partial charge in [0.05, 0.1) is 17.8 Å². The maximum Gasteiger partial charge on any atom is 0.418 e. The molecular weight excluding hydrogens is 361 g/mol. The highest BCUT2D eigenvalue weighted by Gasteiger charge is 2.35. The van der Waals surface area contributed by atoms with Crippen LogP contribution in [0.25, 0.3) is 0 Å². The van der Waals surface area contributed by atoms with Gasteiger partial charge in [0.2, 0.25) is 0 Å². The number of rotatable bonds is 3. The molecule has 1 fully saturated rings. The van der Waals surface area contributed by atoms with Gasteiger partial charge in [-0.25, -0.2) is 14.8 Å². The van der Waals surface area contributed by atoms with Crippen LogP contribution >= 0.6 is 0 Å². The van der Waals surface area contributed by atoms with E-state index in [1.165, 1.54) is 23.1 Å². The molecule has 2 aromatic rings. The molecule has 0 aliphatic carbocycles. The number of hydrogen-bond acceptors (Lipinski definition) is 4. The number of benzene rings is 1. The number of nitrogens with one attached hydrogen (secondary N) is 1. The Morgan fingerprint density at radius 3 is 2.56 bits per heavy atom. The van der Waals surface area contributed by atoms with Crippen molar-refractivity contribution in [3.05, 3.63) is 47.3 Å². The molecule has 0 unspecified atom stereocenters. The number of urea groups is 1. The molecule has 3 rings (SSSR count). The van der Waals surface area contributed by atoms with Gasteiger partial charge in [-0.05, 0) is 32.0 Å². The number of carbonyl (C=O) groups is 1. The predicted octanol–water partition coefficient (Wildman–Crippen LogP) is 3.80. The number of para-hydroxylation sites is 1. The molecule has 6 nitrogen and oxygen atoms in total.